The quantitative estimate of drug-likeness (QED) is 0.0211. The van der Waals surface area contributed by atoms with Crippen LogP contribution < -0.4 is 0 Å². The Hall–Kier alpha value is -2.75. The van der Waals surface area contributed by atoms with Crippen molar-refractivity contribution in [3.8, 4) is 0 Å². The second kappa shape index (κ2) is 52.6. The molecule has 0 saturated carbocycles. The number of hydrogen-bond donors (Lipinski definition) is 1. The number of carboxylic acid groups (broad SMARTS) is 1. The Kier molecular flexibility index (Phi) is 50.5. The highest BCUT2D eigenvalue weighted by Gasteiger charge is 2.25. The van der Waals surface area contributed by atoms with Gasteiger partial charge in [0.1, 0.15) is 13.2 Å². The number of rotatable bonds is 54. The Morgan fingerprint density at radius 2 is 0.814 bits per heavy atom. The Balaban J connectivity index is 4.05. The van der Waals surface area contributed by atoms with Gasteiger partial charge in [-0.2, -0.15) is 0 Å². The van der Waals surface area contributed by atoms with Gasteiger partial charge in [0.05, 0.1) is 34.4 Å². The highest BCUT2D eigenvalue weighted by atomic mass is 16.7. The minimum absolute atomic E-state index is 0.140. The number of carboxylic acids is 1. The lowest BCUT2D eigenvalue weighted by atomic mass is 10.0. The molecule has 0 aliphatic heterocycles. The number of aliphatic carboxylic acids is 1. The van der Waals surface area contributed by atoms with Gasteiger partial charge in [-0.15, -0.1) is 0 Å². The molecular formula is C61H112NO8+. The van der Waals surface area contributed by atoms with E-state index in [1.54, 1.807) is 0 Å². The molecule has 0 bridgehead atoms. The number of esters is 2. The van der Waals surface area contributed by atoms with Crippen molar-refractivity contribution in [1.29, 1.82) is 0 Å². The average molecular weight is 988 g/mol. The molecule has 1 N–H and O–H groups in total. The van der Waals surface area contributed by atoms with Gasteiger partial charge in [0.25, 0.3) is 6.29 Å². The van der Waals surface area contributed by atoms with Crippen LogP contribution in [0.1, 0.15) is 264 Å². The fourth-order valence-corrected chi connectivity index (χ4v) is 8.38. The number of ether oxygens (including phenoxy) is 4. The molecule has 0 aromatic heterocycles. The molecule has 0 saturated heterocycles. The van der Waals surface area contributed by atoms with Crippen molar-refractivity contribution in [1.82, 2.24) is 0 Å². The summed E-state index contributed by atoms with van der Waals surface area (Å²) in [5.74, 6) is -2.11. The standard InChI is InChI=1S/C61H111NO8/c1-6-8-10-12-14-16-18-20-21-22-23-24-25-26-27-28-29-30-31-32-33-34-35-36-37-38-40-41-43-45-47-49-51-58(63)68-55-57(56-69-61(60(65)66)67-54-53-62(3,4)5)70-59(64)52-50-48-46-44-42-39-19-17-15-13-11-9-7-2/h9,11,15,17,39,42,46,48,57,61H,6-8,10,12-14,16,18-38,40-41,43-45,47,49-56H2,1-5H3/p+1/b11-9-,17-15-,42-39-,48-46-. The summed E-state index contributed by atoms with van der Waals surface area (Å²) in [4.78, 5) is 37.2. The van der Waals surface area contributed by atoms with Crippen LogP contribution in [0.2, 0.25) is 0 Å². The first-order valence-corrected chi connectivity index (χ1v) is 29.3. The van der Waals surface area contributed by atoms with E-state index in [1.165, 1.54) is 186 Å². The molecule has 0 rings (SSSR count). The third-order valence-corrected chi connectivity index (χ3v) is 12.9. The van der Waals surface area contributed by atoms with Gasteiger partial charge in [0.2, 0.25) is 0 Å². The summed E-state index contributed by atoms with van der Waals surface area (Å²) in [6.07, 6.45) is 62.5. The van der Waals surface area contributed by atoms with E-state index in [1.807, 2.05) is 33.3 Å². The average Bonchev–Trinajstić information content (AvgIpc) is 3.33. The third-order valence-electron chi connectivity index (χ3n) is 12.9. The number of nitrogens with zero attached hydrogens (tertiary/aromatic N) is 1. The molecule has 0 aromatic rings. The number of hydrogen-bond acceptors (Lipinski definition) is 7. The molecule has 0 aliphatic carbocycles. The van der Waals surface area contributed by atoms with Crippen LogP contribution in [0.15, 0.2) is 48.6 Å². The zero-order valence-corrected chi connectivity index (χ0v) is 46.4. The lowest BCUT2D eigenvalue weighted by Crippen LogP contribution is -2.40. The smallest absolute Gasteiger partial charge is 0.361 e. The summed E-state index contributed by atoms with van der Waals surface area (Å²) in [6, 6.07) is 0. The van der Waals surface area contributed by atoms with E-state index >= 15 is 0 Å². The molecule has 0 radical (unpaired) electrons. The maximum Gasteiger partial charge on any atom is 0.361 e. The summed E-state index contributed by atoms with van der Waals surface area (Å²) >= 11 is 0. The number of carbonyl (C=O) groups is 3. The summed E-state index contributed by atoms with van der Waals surface area (Å²) < 4.78 is 22.7. The predicted molar refractivity (Wildman–Crippen MR) is 295 cm³/mol. The summed E-state index contributed by atoms with van der Waals surface area (Å²) in [5, 5.41) is 9.67. The van der Waals surface area contributed by atoms with E-state index < -0.39 is 24.3 Å². The molecule has 0 aliphatic rings. The SMILES string of the molecule is CC/C=C\C/C=C\C/C=C\C/C=C\CCC(=O)OC(COC(=O)CCCCCCCCCCCCCCCCCCCCCCCCCCCCCCCCCC)COC(OCC[N+](C)(C)C)C(=O)O. The lowest BCUT2D eigenvalue weighted by Gasteiger charge is -2.25. The van der Waals surface area contributed by atoms with Gasteiger partial charge in [-0.25, -0.2) is 4.79 Å². The van der Waals surface area contributed by atoms with Crippen molar-refractivity contribution in [2.24, 2.45) is 0 Å². The van der Waals surface area contributed by atoms with E-state index in [9.17, 15) is 19.5 Å². The van der Waals surface area contributed by atoms with Crippen molar-refractivity contribution in [2.75, 3.05) is 47.5 Å². The van der Waals surface area contributed by atoms with Crippen LogP contribution in [0, 0.1) is 0 Å². The fourth-order valence-electron chi connectivity index (χ4n) is 8.38. The molecule has 70 heavy (non-hydrogen) atoms. The van der Waals surface area contributed by atoms with Crippen LogP contribution in [-0.2, 0) is 33.3 Å². The summed E-state index contributed by atoms with van der Waals surface area (Å²) in [6.45, 7) is 4.70. The van der Waals surface area contributed by atoms with Gasteiger partial charge in [-0.3, -0.25) is 9.59 Å². The molecule has 2 atom stereocenters. The minimum atomic E-state index is -1.53. The molecule has 0 spiro atoms. The number of allylic oxidation sites excluding steroid dienone is 8. The van der Waals surface area contributed by atoms with Crippen LogP contribution in [0.4, 0.5) is 0 Å². The fraction of sp³-hybridized carbons (Fsp3) is 0.820. The van der Waals surface area contributed by atoms with E-state index in [4.69, 9.17) is 18.9 Å². The van der Waals surface area contributed by atoms with E-state index in [2.05, 4.69) is 50.3 Å². The lowest BCUT2D eigenvalue weighted by molar-refractivity contribution is -0.870. The molecular weight excluding hydrogens is 875 g/mol. The van der Waals surface area contributed by atoms with Crippen LogP contribution >= 0.6 is 0 Å². The van der Waals surface area contributed by atoms with Gasteiger partial charge in [0, 0.05) is 12.8 Å². The van der Waals surface area contributed by atoms with Gasteiger partial charge in [-0.05, 0) is 38.5 Å². The van der Waals surface area contributed by atoms with Crippen molar-refractivity contribution in [3.05, 3.63) is 48.6 Å². The van der Waals surface area contributed by atoms with Gasteiger partial charge >= 0.3 is 17.9 Å². The normalized spacial score (nSPS) is 13.1. The summed E-state index contributed by atoms with van der Waals surface area (Å²) in [5.41, 5.74) is 0. The second-order valence-electron chi connectivity index (χ2n) is 20.9. The van der Waals surface area contributed by atoms with Gasteiger partial charge in [-0.1, -0.05) is 262 Å². The van der Waals surface area contributed by atoms with Gasteiger partial charge in [0.15, 0.2) is 6.10 Å². The summed E-state index contributed by atoms with van der Waals surface area (Å²) in [7, 11) is 5.94. The number of unbranched alkanes of at least 4 members (excludes halogenated alkanes) is 31. The van der Waals surface area contributed by atoms with Crippen LogP contribution in [0.5, 0.6) is 0 Å². The van der Waals surface area contributed by atoms with Crippen molar-refractivity contribution < 1.29 is 42.9 Å². The topological polar surface area (TPSA) is 108 Å². The Labute approximate surface area is 432 Å². The highest BCUT2D eigenvalue weighted by Crippen LogP contribution is 2.17. The minimum Gasteiger partial charge on any atom is -0.477 e. The second-order valence-corrected chi connectivity index (χ2v) is 20.9. The first-order valence-electron chi connectivity index (χ1n) is 29.3. The highest BCUT2D eigenvalue weighted by molar-refractivity contribution is 5.71. The van der Waals surface area contributed by atoms with Crippen LogP contribution in [0.3, 0.4) is 0 Å². The van der Waals surface area contributed by atoms with Crippen molar-refractivity contribution in [3.63, 3.8) is 0 Å². The van der Waals surface area contributed by atoms with E-state index in [0.29, 0.717) is 23.9 Å². The van der Waals surface area contributed by atoms with Crippen molar-refractivity contribution >= 4 is 17.9 Å². The Bertz CT molecular complexity index is 1290. The molecule has 0 fully saturated rings. The van der Waals surface area contributed by atoms with Gasteiger partial charge < -0.3 is 28.5 Å². The third kappa shape index (κ3) is 53.1. The first-order chi connectivity index (χ1) is 34.1. The van der Waals surface area contributed by atoms with E-state index in [0.717, 1.165) is 44.9 Å². The molecule has 0 aromatic carbocycles. The molecule has 2 unspecified atom stereocenters. The Morgan fingerprint density at radius 3 is 1.19 bits per heavy atom. The van der Waals surface area contributed by atoms with Crippen molar-refractivity contribution in [2.45, 2.75) is 277 Å². The molecule has 9 nitrogen and oxygen atoms in total. The number of quaternary nitrogens is 1. The predicted octanol–water partition coefficient (Wildman–Crippen LogP) is 17.1. The Morgan fingerprint density at radius 1 is 0.443 bits per heavy atom. The monoisotopic (exact) mass is 987 g/mol. The maximum atomic E-state index is 12.8. The zero-order chi connectivity index (χ0) is 51.3. The number of likely N-dealkylation sites (N-methyl/N-ethyl adjacent to an activating group) is 1. The van der Waals surface area contributed by atoms with Crippen LogP contribution in [0.25, 0.3) is 0 Å². The molecule has 9 heteroatoms. The molecule has 408 valence electrons. The zero-order valence-electron chi connectivity index (χ0n) is 46.4. The number of carbonyl (C=O) groups excluding carboxylic acids is 2. The first kappa shape index (κ1) is 67.2. The van der Waals surface area contributed by atoms with E-state index in [-0.39, 0.29) is 32.2 Å². The van der Waals surface area contributed by atoms with Crippen LogP contribution in [-0.4, -0.2) is 87.4 Å². The largest absolute Gasteiger partial charge is 0.477 e. The molecule has 0 heterocycles. The molecule has 0 amide bonds. The maximum absolute atomic E-state index is 12.8.